The normalized spacial score (nSPS) is 20.4. The number of aromatic nitrogens is 2. The molecule has 0 spiro atoms. The van der Waals surface area contributed by atoms with Crippen LogP contribution in [0.15, 0.2) is 42.5 Å². The number of benzene rings is 1. The fraction of sp³-hybridized carbons (Fsp3) is 0.222. The number of aliphatic carboxylic acids is 1. The number of para-hydroxylation sites is 1. The lowest BCUT2D eigenvalue weighted by Crippen LogP contribution is -2.45. The summed E-state index contributed by atoms with van der Waals surface area (Å²) in [6, 6.07) is 13.0. The van der Waals surface area contributed by atoms with Gasteiger partial charge in [-0.25, -0.2) is 0 Å². The van der Waals surface area contributed by atoms with Crippen LogP contribution in [0.2, 0.25) is 0 Å². The number of carboxylic acids is 1. The van der Waals surface area contributed by atoms with Gasteiger partial charge in [-0.15, -0.1) is 0 Å². The van der Waals surface area contributed by atoms with Gasteiger partial charge in [-0.2, -0.15) is 0 Å². The lowest BCUT2D eigenvalue weighted by atomic mass is 9.92. The molecule has 0 amide bonds. The number of nitrogens with one attached hydrogen (secondary N) is 2. The van der Waals surface area contributed by atoms with Gasteiger partial charge < -0.3 is 10.1 Å². The molecule has 0 saturated heterocycles. The number of H-pyrrole nitrogens is 1. The van der Waals surface area contributed by atoms with E-state index in [4.69, 9.17) is 0 Å². The molecule has 0 fully saturated rings. The Kier molecular flexibility index (Phi) is 3.16. The molecule has 0 aliphatic carbocycles. The molecule has 1 aliphatic rings. The van der Waals surface area contributed by atoms with Crippen LogP contribution in [0, 0.1) is 6.92 Å². The molecule has 4 rings (SSSR count). The van der Waals surface area contributed by atoms with Gasteiger partial charge in [0.25, 0.3) is 0 Å². The topological polar surface area (TPSA) is 78.0 Å². The summed E-state index contributed by atoms with van der Waals surface area (Å²) in [6.07, 6.45) is 0.469. The Morgan fingerprint density at radius 1 is 1.22 bits per heavy atom. The number of carbonyl (C=O) groups is 1. The number of nitrogens with zero attached hydrogens (tertiary/aromatic N) is 1. The lowest BCUT2D eigenvalue weighted by Gasteiger charge is -2.29. The van der Waals surface area contributed by atoms with Crippen LogP contribution in [0.1, 0.15) is 28.7 Å². The van der Waals surface area contributed by atoms with Gasteiger partial charge in [-0.05, 0) is 30.7 Å². The minimum atomic E-state index is -0.835. The van der Waals surface area contributed by atoms with Gasteiger partial charge in [0.15, 0.2) is 0 Å². The second-order valence-corrected chi connectivity index (χ2v) is 5.96. The number of hydrogen-bond acceptors (Lipinski definition) is 3. The summed E-state index contributed by atoms with van der Waals surface area (Å²) in [4.78, 5) is 19.6. The monoisotopic (exact) mass is 307 g/mol. The fourth-order valence-electron chi connectivity index (χ4n) is 3.35. The quantitative estimate of drug-likeness (QED) is 0.680. The molecule has 3 N–H and O–H groups in total. The van der Waals surface area contributed by atoms with Crippen molar-refractivity contribution >= 4 is 16.9 Å². The van der Waals surface area contributed by atoms with Crippen molar-refractivity contribution in [3.8, 4) is 0 Å². The first-order valence-corrected chi connectivity index (χ1v) is 7.65. The van der Waals surface area contributed by atoms with E-state index in [2.05, 4.69) is 15.3 Å². The first-order valence-electron chi connectivity index (χ1n) is 7.65. The highest BCUT2D eigenvalue weighted by Gasteiger charge is 2.34. The minimum absolute atomic E-state index is 0.243. The van der Waals surface area contributed by atoms with Crippen molar-refractivity contribution in [2.75, 3.05) is 0 Å². The maximum Gasteiger partial charge on any atom is 0.321 e. The van der Waals surface area contributed by atoms with Crippen LogP contribution in [0.25, 0.3) is 10.9 Å². The summed E-state index contributed by atoms with van der Waals surface area (Å²) in [5.74, 6) is -0.835. The van der Waals surface area contributed by atoms with E-state index in [1.54, 1.807) is 0 Å². The highest BCUT2D eigenvalue weighted by atomic mass is 16.4. The van der Waals surface area contributed by atoms with Gasteiger partial charge in [0, 0.05) is 28.7 Å². The van der Waals surface area contributed by atoms with E-state index >= 15 is 0 Å². The van der Waals surface area contributed by atoms with E-state index in [-0.39, 0.29) is 6.04 Å². The van der Waals surface area contributed by atoms with Crippen LogP contribution < -0.4 is 5.32 Å². The van der Waals surface area contributed by atoms with Crippen molar-refractivity contribution in [2.24, 2.45) is 0 Å². The van der Waals surface area contributed by atoms with E-state index in [9.17, 15) is 9.90 Å². The van der Waals surface area contributed by atoms with Crippen LogP contribution in [-0.4, -0.2) is 27.1 Å². The Bertz CT molecular complexity index is 900. The Morgan fingerprint density at radius 2 is 2.04 bits per heavy atom. The Balaban J connectivity index is 1.91. The molecule has 2 atom stereocenters. The number of carboxylic acid groups (broad SMARTS) is 1. The summed E-state index contributed by atoms with van der Waals surface area (Å²) in [7, 11) is 0. The van der Waals surface area contributed by atoms with Crippen LogP contribution in [-0.2, 0) is 11.2 Å². The Morgan fingerprint density at radius 3 is 2.83 bits per heavy atom. The Labute approximate surface area is 133 Å². The highest BCUT2D eigenvalue weighted by molar-refractivity contribution is 5.87. The first-order chi connectivity index (χ1) is 11.1. The molecular weight excluding hydrogens is 290 g/mol. The Hall–Kier alpha value is -2.66. The van der Waals surface area contributed by atoms with Crippen LogP contribution in [0.4, 0.5) is 0 Å². The standard InChI is InChI=1S/C18H17N3O2/c1-10-5-4-8-14(19-10)17-16-12(9-15(21-17)18(22)23)11-6-2-3-7-13(11)20-16/h2-8,15,17,20-21H,9H2,1H3,(H,22,23). The third-order valence-electron chi connectivity index (χ3n) is 4.42. The van der Waals surface area contributed by atoms with Gasteiger partial charge in [0.1, 0.15) is 6.04 Å². The summed E-state index contributed by atoms with van der Waals surface area (Å²) < 4.78 is 0. The molecule has 116 valence electrons. The molecule has 1 aliphatic heterocycles. The molecule has 2 unspecified atom stereocenters. The molecule has 3 aromatic rings. The molecule has 0 bridgehead atoms. The summed E-state index contributed by atoms with van der Waals surface area (Å²) in [5.41, 5.74) is 4.87. The predicted octanol–water partition coefficient (Wildman–Crippen LogP) is 2.56. The average molecular weight is 307 g/mol. The zero-order chi connectivity index (χ0) is 16.0. The maximum absolute atomic E-state index is 11.6. The molecule has 2 aromatic heterocycles. The first kappa shape index (κ1) is 14.0. The van der Waals surface area contributed by atoms with Crippen molar-refractivity contribution in [3.05, 3.63) is 65.1 Å². The van der Waals surface area contributed by atoms with E-state index in [1.165, 1.54) is 0 Å². The summed E-state index contributed by atoms with van der Waals surface area (Å²) in [5, 5.41) is 13.8. The largest absolute Gasteiger partial charge is 0.480 e. The van der Waals surface area contributed by atoms with Gasteiger partial charge in [0.2, 0.25) is 0 Å². The molecule has 0 saturated carbocycles. The van der Waals surface area contributed by atoms with Gasteiger partial charge in [0.05, 0.1) is 11.7 Å². The molecule has 1 aromatic carbocycles. The minimum Gasteiger partial charge on any atom is -0.480 e. The number of pyridine rings is 1. The van der Waals surface area contributed by atoms with Crippen molar-refractivity contribution in [1.29, 1.82) is 0 Å². The second-order valence-electron chi connectivity index (χ2n) is 5.96. The number of hydrogen-bond donors (Lipinski definition) is 3. The smallest absolute Gasteiger partial charge is 0.321 e. The molecule has 23 heavy (non-hydrogen) atoms. The number of aryl methyl sites for hydroxylation is 1. The third kappa shape index (κ3) is 2.29. The van der Waals surface area contributed by atoms with Crippen molar-refractivity contribution in [1.82, 2.24) is 15.3 Å². The lowest BCUT2D eigenvalue weighted by molar-refractivity contribution is -0.139. The van der Waals surface area contributed by atoms with E-state index in [0.29, 0.717) is 6.42 Å². The molecular formula is C18H17N3O2. The molecule has 5 nitrogen and oxygen atoms in total. The molecule has 0 radical (unpaired) electrons. The zero-order valence-electron chi connectivity index (χ0n) is 12.7. The van der Waals surface area contributed by atoms with Crippen molar-refractivity contribution in [3.63, 3.8) is 0 Å². The van der Waals surface area contributed by atoms with Crippen molar-refractivity contribution < 1.29 is 9.90 Å². The van der Waals surface area contributed by atoms with Gasteiger partial charge in [-0.1, -0.05) is 24.3 Å². The SMILES string of the molecule is Cc1cccc(C2NC(C(=O)O)Cc3c2[nH]c2ccccc32)n1. The van der Waals surface area contributed by atoms with Crippen LogP contribution in [0.3, 0.4) is 0 Å². The second kappa shape index (κ2) is 5.21. The van der Waals surface area contributed by atoms with Crippen LogP contribution in [0.5, 0.6) is 0 Å². The molecule has 5 heteroatoms. The number of aromatic amines is 1. The maximum atomic E-state index is 11.6. The van der Waals surface area contributed by atoms with Gasteiger partial charge in [-0.3, -0.25) is 15.1 Å². The third-order valence-corrected chi connectivity index (χ3v) is 4.42. The van der Waals surface area contributed by atoms with E-state index in [0.717, 1.165) is 33.5 Å². The number of rotatable bonds is 2. The van der Waals surface area contributed by atoms with Crippen molar-refractivity contribution in [2.45, 2.75) is 25.4 Å². The average Bonchev–Trinajstić information content (AvgIpc) is 2.92. The molecule has 3 heterocycles. The highest BCUT2D eigenvalue weighted by Crippen LogP contribution is 2.34. The zero-order valence-corrected chi connectivity index (χ0v) is 12.7. The van der Waals surface area contributed by atoms with E-state index in [1.807, 2.05) is 49.4 Å². The summed E-state index contributed by atoms with van der Waals surface area (Å²) in [6.45, 7) is 1.94. The fourth-order valence-corrected chi connectivity index (χ4v) is 3.35. The number of fused-ring (bicyclic) bond motifs is 3. The summed E-state index contributed by atoms with van der Waals surface area (Å²) >= 11 is 0. The predicted molar refractivity (Wildman–Crippen MR) is 87.4 cm³/mol. The van der Waals surface area contributed by atoms with E-state index < -0.39 is 12.0 Å². The van der Waals surface area contributed by atoms with Crippen LogP contribution >= 0.6 is 0 Å². The van der Waals surface area contributed by atoms with Gasteiger partial charge >= 0.3 is 5.97 Å².